The van der Waals surface area contributed by atoms with Gasteiger partial charge in [-0.1, -0.05) is 0 Å². The number of hydrogen-bond acceptors (Lipinski definition) is 2. The molecule has 0 aromatic heterocycles. The highest BCUT2D eigenvalue weighted by atomic mass is 32.2. The highest BCUT2D eigenvalue weighted by Gasteiger charge is 2.98. The molecule has 0 heterocycles. The first kappa shape index (κ1) is 36.6. The van der Waals surface area contributed by atoms with Crippen LogP contribution in [0.2, 0.25) is 0 Å². The second-order valence-corrected chi connectivity index (χ2v) is 7.55. The Bertz CT molecular complexity index is 919. The molecule has 0 fully saturated rings. The van der Waals surface area contributed by atoms with E-state index in [1.54, 1.807) is 0 Å². The van der Waals surface area contributed by atoms with Crippen molar-refractivity contribution in [3.8, 4) is 0 Å². The molecule has 0 amide bonds. The fraction of sp³-hybridized carbons (Fsp3) is 1.00. The van der Waals surface area contributed by atoms with E-state index in [-0.39, 0.29) is 6.15 Å². The zero-order valence-corrected chi connectivity index (χ0v) is 16.4. The van der Waals surface area contributed by atoms with Gasteiger partial charge < -0.3 is 6.15 Å². The lowest BCUT2D eigenvalue weighted by Gasteiger charge is -2.44. The Kier molecular flexibility index (Phi) is 8.58. The molecule has 0 aromatic rings. The summed E-state index contributed by atoms with van der Waals surface area (Å²) >= 11 is 0. The molecule has 0 aromatic carbocycles. The maximum Gasteiger partial charge on any atom is 0.460 e. The molecule has 0 atom stereocenters. The van der Waals surface area contributed by atoms with E-state index in [0.717, 1.165) is 0 Å². The van der Waals surface area contributed by atoms with Gasteiger partial charge in [0.15, 0.2) is 0 Å². The summed E-state index contributed by atoms with van der Waals surface area (Å²) in [7, 11) is -8.09. The lowest BCUT2D eigenvalue weighted by molar-refractivity contribution is -0.472. The number of alkyl halides is 21. The van der Waals surface area contributed by atoms with Gasteiger partial charge >= 0.3 is 68.9 Å². The summed E-state index contributed by atoms with van der Waals surface area (Å²) in [6.45, 7) is 0. The SMILES string of the molecule is O=S(=O)(O)C(F)(F)C(F)(F)C(F)(F)C(F)(F)C(F)(F)C(F)(F)C(F)(F)C(F)(F)C(F)(F)C(F)(F)F.[NH4+]. The monoisotopic (exact) mass is 618 g/mol. The van der Waals surface area contributed by atoms with E-state index in [4.69, 9.17) is 4.55 Å². The van der Waals surface area contributed by atoms with Gasteiger partial charge in [0.2, 0.25) is 0 Å². The van der Waals surface area contributed by atoms with Crippen molar-refractivity contribution in [2.24, 2.45) is 0 Å². The number of quaternary nitrogens is 1. The molecule has 0 bridgehead atoms. The van der Waals surface area contributed by atoms with Crippen molar-refractivity contribution in [1.29, 1.82) is 0 Å². The van der Waals surface area contributed by atoms with Crippen LogP contribution in [-0.2, 0) is 10.1 Å². The molecule has 0 aliphatic carbocycles. The highest BCUT2D eigenvalue weighted by Crippen LogP contribution is 2.66. The van der Waals surface area contributed by atoms with Crippen LogP contribution < -0.4 is 6.15 Å². The van der Waals surface area contributed by atoms with Crippen molar-refractivity contribution in [3.63, 3.8) is 0 Å². The normalized spacial score (nSPS) is 16.6. The van der Waals surface area contributed by atoms with Gasteiger partial charge in [-0.3, -0.25) is 4.55 Å². The number of halogens is 21. The largest absolute Gasteiger partial charge is 0.460 e. The van der Waals surface area contributed by atoms with E-state index in [9.17, 15) is 101 Å². The highest BCUT2D eigenvalue weighted by molar-refractivity contribution is 7.87. The Balaban J connectivity index is 0. The zero-order valence-electron chi connectivity index (χ0n) is 15.6. The first-order chi connectivity index (χ1) is 14.5. The van der Waals surface area contributed by atoms with E-state index >= 15 is 0 Å². The van der Waals surface area contributed by atoms with Crippen LogP contribution in [-0.4, -0.2) is 71.8 Å². The summed E-state index contributed by atoms with van der Waals surface area (Å²) in [5.41, 5.74) is 0. The minimum atomic E-state index is -9.38. The third-order valence-electron chi connectivity index (χ3n) is 3.81. The van der Waals surface area contributed by atoms with Crippen LogP contribution in [0, 0.1) is 0 Å². The summed E-state index contributed by atoms with van der Waals surface area (Å²) in [5, 5.41) is -8.06. The minimum Gasteiger partial charge on any atom is -0.369 e. The molecule has 220 valence electrons. The summed E-state index contributed by atoms with van der Waals surface area (Å²) in [6.07, 6.45) is -8.08. The van der Waals surface area contributed by atoms with Crippen LogP contribution >= 0.6 is 0 Å². The molecule has 0 aliphatic heterocycles. The lowest BCUT2D eigenvalue weighted by Crippen LogP contribution is -2.77. The van der Waals surface area contributed by atoms with Crippen molar-refractivity contribution in [1.82, 2.24) is 6.15 Å². The molecule has 26 heteroatoms. The van der Waals surface area contributed by atoms with Crippen molar-refractivity contribution in [3.05, 3.63) is 0 Å². The standard InChI is InChI=1S/C10HF21O3S.H3N/c11-1(12,3(15,16)5(19,20)7(23,24)9(27,28)29)2(13,14)4(17,18)6(21,22)8(25,26)10(30,31)35(32,33)34;/h(H,32,33,34);1H3/p+1. The Morgan fingerprint density at radius 1 is 0.361 bits per heavy atom. The Labute approximate surface area is 181 Å². The van der Waals surface area contributed by atoms with E-state index < -0.39 is 68.9 Å². The van der Waals surface area contributed by atoms with Crippen molar-refractivity contribution in [2.75, 3.05) is 0 Å². The number of hydrogen-bond donors (Lipinski definition) is 2. The van der Waals surface area contributed by atoms with Crippen LogP contribution in [0.3, 0.4) is 0 Å². The molecule has 0 spiro atoms. The van der Waals surface area contributed by atoms with Crippen LogP contribution in [0.1, 0.15) is 0 Å². The second-order valence-electron chi connectivity index (χ2n) is 6.08. The maximum atomic E-state index is 13.3. The summed E-state index contributed by atoms with van der Waals surface area (Å²) in [4.78, 5) is 0. The molecule has 36 heavy (non-hydrogen) atoms. The van der Waals surface area contributed by atoms with Gasteiger partial charge in [-0.05, 0) is 0 Å². The third kappa shape index (κ3) is 4.09. The molecule has 0 saturated carbocycles. The Morgan fingerprint density at radius 3 is 0.694 bits per heavy atom. The molecule has 0 aliphatic rings. The fourth-order valence-electron chi connectivity index (χ4n) is 1.71. The van der Waals surface area contributed by atoms with Crippen LogP contribution in [0.15, 0.2) is 0 Å². The van der Waals surface area contributed by atoms with Gasteiger partial charge in [0.1, 0.15) is 0 Å². The van der Waals surface area contributed by atoms with Gasteiger partial charge in [-0.15, -0.1) is 0 Å². The van der Waals surface area contributed by atoms with Crippen LogP contribution in [0.25, 0.3) is 0 Å². The predicted molar refractivity (Wildman–Crippen MR) is 68.1 cm³/mol. The van der Waals surface area contributed by atoms with Gasteiger partial charge in [0, 0.05) is 0 Å². The Morgan fingerprint density at radius 2 is 0.528 bits per heavy atom. The second kappa shape index (κ2) is 8.45. The first-order valence-corrected chi connectivity index (χ1v) is 8.38. The average Bonchev–Trinajstić information content (AvgIpc) is 2.58. The van der Waals surface area contributed by atoms with Crippen LogP contribution in [0.4, 0.5) is 92.2 Å². The average molecular weight is 618 g/mol. The van der Waals surface area contributed by atoms with E-state index in [2.05, 4.69) is 0 Å². The predicted octanol–water partition coefficient (Wildman–Crippen LogP) is 6.49. The zero-order chi connectivity index (χ0) is 29.5. The van der Waals surface area contributed by atoms with Gasteiger partial charge in [-0.2, -0.15) is 101 Å². The van der Waals surface area contributed by atoms with Crippen molar-refractivity contribution < 1.29 is 105 Å². The minimum absolute atomic E-state index is 0. The molecule has 0 radical (unpaired) electrons. The molecular formula is C10H5F21NO3S+. The molecule has 5 N–H and O–H groups in total. The molecule has 4 nitrogen and oxygen atoms in total. The summed E-state index contributed by atoms with van der Waals surface area (Å²) in [5.74, 6) is -72.6. The van der Waals surface area contributed by atoms with Crippen molar-refractivity contribution in [2.45, 2.75) is 58.8 Å². The summed E-state index contributed by atoms with van der Waals surface area (Å²) < 4.78 is 298. The smallest absolute Gasteiger partial charge is 0.369 e. The molecule has 0 unspecified atom stereocenters. The molecule has 0 saturated heterocycles. The molecule has 0 rings (SSSR count). The van der Waals surface area contributed by atoms with E-state index in [1.165, 1.54) is 0 Å². The van der Waals surface area contributed by atoms with Gasteiger partial charge in [0.05, 0.1) is 0 Å². The Hall–Kier alpha value is -1.60. The maximum absolute atomic E-state index is 13.3. The fourth-order valence-corrected chi connectivity index (χ4v) is 2.16. The summed E-state index contributed by atoms with van der Waals surface area (Å²) in [6, 6.07) is 0. The van der Waals surface area contributed by atoms with Gasteiger partial charge in [-0.25, -0.2) is 0 Å². The quantitative estimate of drug-likeness (QED) is 0.229. The first-order valence-electron chi connectivity index (χ1n) is 6.94. The van der Waals surface area contributed by atoms with Crippen molar-refractivity contribution >= 4 is 10.1 Å². The van der Waals surface area contributed by atoms with Gasteiger partial charge in [0.25, 0.3) is 0 Å². The van der Waals surface area contributed by atoms with E-state index in [1.807, 2.05) is 0 Å². The third-order valence-corrected chi connectivity index (χ3v) is 4.71. The topological polar surface area (TPSA) is 90.9 Å². The lowest BCUT2D eigenvalue weighted by atomic mass is 9.87. The number of rotatable bonds is 9. The van der Waals surface area contributed by atoms with Crippen LogP contribution in [0.5, 0.6) is 0 Å². The van der Waals surface area contributed by atoms with E-state index in [0.29, 0.717) is 0 Å². The molecular weight excluding hydrogens is 613 g/mol.